The Labute approximate surface area is 108 Å². The number of hydrogen-bond acceptors (Lipinski definition) is 1. The average Bonchev–Trinajstić information content (AvgIpc) is 3.12. The Hall–Kier alpha value is -1.89. The lowest BCUT2D eigenvalue weighted by molar-refractivity contribution is 0.961. The van der Waals surface area contributed by atoms with Gasteiger partial charge in [0.2, 0.25) is 0 Å². The Bertz CT molecular complexity index is 576. The quantitative estimate of drug-likeness (QED) is 0.769. The van der Waals surface area contributed by atoms with E-state index in [9.17, 15) is 0 Å². The van der Waals surface area contributed by atoms with Crippen LogP contribution in [0.1, 0.15) is 22.3 Å². The molecule has 0 radical (unpaired) electrons. The lowest BCUT2D eigenvalue weighted by Gasteiger charge is -2.01. The van der Waals surface area contributed by atoms with Crippen molar-refractivity contribution >= 4 is 5.71 Å². The van der Waals surface area contributed by atoms with E-state index in [1.807, 2.05) is 0 Å². The molecule has 1 aliphatic heterocycles. The zero-order chi connectivity index (χ0) is 12.5. The van der Waals surface area contributed by atoms with E-state index in [1.54, 1.807) is 0 Å². The van der Waals surface area contributed by atoms with Crippen LogP contribution in [0.25, 0.3) is 0 Å². The molecule has 0 aliphatic carbocycles. The monoisotopic (exact) mass is 235 g/mol. The first kappa shape index (κ1) is 11.2. The van der Waals surface area contributed by atoms with Gasteiger partial charge in [-0.05, 0) is 25.0 Å². The number of benzene rings is 2. The van der Waals surface area contributed by atoms with E-state index in [0.717, 1.165) is 6.42 Å². The van der Waals surface area contributed by atoms with Gasteiger partial charge in [-0.25, -0.2) is 0 Å². The number of nitrogens with zero attached hydrogens (tertiary/aromatic N) is 1. The number of hydrogen-bond donors (Lipinski definition) is 0. The fraction of sp³-hybridized carbons (Fsp3) is 0.235. The molecule has 1 heteroatoms. The molecule has 0 N–H and O–H groups in total. The molecule has 2 aromatic carbocycles. The molecule has 0 saturated carbocycles. The molecule has 0 fully saturated rings. The highest BCUT2D eigenvalue weighted by Crippen LogP contribution is 2.24. The minimum absolute atomic E-state index is 0.399. The summed E-state index contributed by atoms with van der Waals surface area (Å²) >= 11 is 0. The number of aryl methyl sites for hydroxylation is 2. The molecule has 3 rings (SSSR count). The summed E-state index contributed by atoms with van der Waals surface area (Å²) in [5.74, 6) is 0. The summed E-state index contributed by atoms with van der Waals surface area (Å²) in [5, 5.41) is 0. The van der Waals surface area contributed by atoms with Gasteiger partial charge in [-0.2, -0.15) is 0 Å². The van der Waals surface area contributed by atoms with Crippen molar-refractivity contribution in [2.24, 2.45) is 4.99 Å². The Morgan fingerprint density at radius 1 is 0.833 bits per heavy atom. The second kappa shape index (κ2) is 4.41. The van der Waals surface area contributed by atoms with E-state index in [0.29, 0.717) is 6.04 Å². The molecule has 1 unspecified atom stereocenters. The predicted molar refractivity (Wildman–Crippen MR) is 76.4 cm³/mol. The molecule has 1 heterocycles. The lowest BCUT2D eigenvalue weighted by atomic mass is 10.0. The van der Waals surface area contributed by atoms with E-state index >= 15 is 0 Å². The van der Waals surface area contributed by atoms with Gasteiger partial charge in [0.05, 0.1) is 11.8 Å². The van der Waals surface area contributed by atoms with E-state index in [2.05, 4.69) is 67.4 Å². The Kier molecular flexibility index (Phi) is 2.75. The Balaban J connectivity index is 1.65. The zero-order valence-corrected chi connectivity index (χ0v) is 10.9. The van der Waals surface area contributed by atoms with Crippen LogP contribution in [0.3, 0.4) is 0 Å². The first-order valence-corrected chi connectivity index (χ1v) is 6.43. The Morgan fingerprint density at radius 2 is 1.39 bits per heavy atom. The SMILES string of the molecule is Cc1ccc(CC2N=C2c2ccc(C)cc2)cc1. The van der Waals surface area contributed by atoms with Crippen LogP contribution >= 0.6 is 0 Å². The molecular formula is C17H17N. The summed E-state index contributed by atoms with van der Waals surface area (Å²) in [6.07, 6.45) is 1.03. The normalized spacial score (nSPS) is 17.4. The van der Waals surface area contributed by atoms with Crippen LogP contribution < -0.4 is 0 Å². The van der Waals surface area contributed by atoms with Gasteiger partial charge < -0.3 is 0 Å². The Morgan fingerprint density at radius 3 is 2.00 bits per heavy atom. The smallest absolute Gasteiger partial charge is 0.0966 e. The maximum atomic E-state index is 4.59. The van der Waals surface area contributed by atoms with E-state index in [1.165, 1.54) is 28.0 Å². The summed E-state index contributed by atoms with van der Waals surface area (Å²) in [6, 6.07) is 17.8. The van der Waals surface area contributed by atoms with Crippen molar-refractivity contribution in [3.63, 3.8) is 0 Å². The maximum absolute atomic E-state index is 4.59. The highest BCUT2D eigenvalue weighted by Gasteiger charge is 2.28. The summed E-state index contributed by atoms with van der Waals surface area (Å²) in [4.78, 5) is 4.59. The van der Waals surface area contributed by atoms with Crippen LogP contribution in [0, 0.1) is 13.8 Å². The molecule has 0 bridgehead atoms. The van der Waals surface area contributed by atoms with E-state index in [4.69, 9.17) is 0 Å². The van der Waals surface area contributed by atoms with Crippen LogP contribution in [-0.4, -0.2) is 11.8 Å². The number of rotatable bonds is 3. The fourth-order valence-electron chi connectivity index (χ4n) is 2.21. The van der Waals surface area contributed by atoms with Crippen LogP contribution in [0.2, 0.25) is 0 Å². The van der Waals surface area contributed by atoms with Crippen molar-refractivity contribution in [2.75, 3.05) is 0 Å². The van der Waals surface area contributed by atoms with Crippen LogP contribution in [0.15, 0.2) is 53.5 Å². The zero-order valence-electron chi connectivity index (χ0n) is 10.9. The molecule has 1 aliphatic rings. The van der Waals surface area contributed by atoms with Gasteiger partial charge in [-0.3, -0.25) is 4.99 Å². The first-order chi connectivity index (χ1) is 8.72. The predicted octanol–water partition coefficient (Wildman–Crippen LogP) is 3.72. The van der Waals surface area contributed by atoms with Gasteiger partial charge in [-0.15, -0.1) is 0 Å². The van der Waals surface area contributed by atoms with Gasteiger partial charge >= 0.3 is 0 Å². The molecule has 18 heavy (non-hydrogen) atoms. The van der Waals surface area contributed by atoms with Crippen molar-refractivity contribution < 1.29 is 0 Å². The first-order valence-electron chi connectivity index (χ1n) is 6.43. The molecule has 90 valence electrons. The van der Waals surface area contributed by atoms with Crippen molar-refractivity contribution in [3.8, 4) is 0 Å². The minimum Gasteiger partial charge on any atom is -0.277 e. The summed E-state index contributed by atoms with van der Waals surface area (Å²) in [6.45, 7) is 4.23. The van der Waals surface area contributed by atoms with Gasteiger partial charge in [-0.1, -0.05) is 59.7 Å². The molecule has 2 aromatic rings. The molecule has 1 atom stereocenters. The van der Waals surface area contributed by atoms with E-state index in [-0.39, 0.29) is 0 Å². The third-order valence-corrected chi connectivity index (χ3v) is 3.44. The van der Waals surface area contributed by atoms with Crippen LogP contribution in [0.5, 0.6) is 0 Å². The molecular weight excluding hydrogens is 218 g/mol. The lowest BCUT2D eigenvalue weighted by Crippen LogP contribution is -2.03. The standard InChI is InChI=1S/C17H17N/c1-12-3-7-14(8-4-12)11-16-17(18-16)15-9-5-13(2)6-10-15/h3-10,16H,11H2,1-2H3. The summed E-state index contributed by atoms with van der Waals surface area (Å²) in [5.41, 5.74) is 6.52. The summed E-state index contributed by atoms with van der Waals surface area (Å²) < 4.78 is 0. The summed E-state index contributed by atoms with van der Waals surface area (Å²) in [7, 11) is 0. The largest absolute Gasteiger partial charge is 0.277 e. The topological polar surface area (TPSA) is 12.4 Å². The van der Waals surface area contributed by atoms with Gasteiger partial charge in [0, 0.05) is 6.42 Å². The second-order valence-electron chi connectivity index (χ2n) is 5.09. The van der Waals surface area contributed by atoms with Crippen LogP contribution in [0.4, 0.5) is 0 Å². The molecule has 0 aromatic heterocycles. The van der Waals surface area contributed by atoms with Crippen LogP contribution in [-0.2, 0) is 6.42 Å². The average molecular weight is 235 g/mol. The van der Waals surface area contributed by atoms with Gasteiger partial charge in [0.25, 0.3) is 0 Å². The number of aliphatic imine (C=N–C) groups is 1. The highest BCUT2D eigenvalue weighted by atomic mass is 15.0. The minimum atomic E-state index is 0.399. The van der Waals surface area contributed by atoms with Crippen molar-refractivity contribution in [1.29, 1.82) is 0 Å². The third-order valence-electron chi connectivity index (χ3n) is 3.44. The highest BCUT2D eigenvalue weighted by molar-refractivity contribution is 6.13. The fourth-order valence-corrected chi connectivity index (χ4v) is 2.21. The third kappa shape index (κ3) is 2.35. The van der Waals surface area contributed by atoms with Crippen molar-refractivity contribution in [1.82, 2.24) is 0 Å². The second-order valence-corrected chi connectivity index (χ2v) is 5.09. The maximum Gasteiger partial charge on any atom is 0.0966 e. The van der Waals surface area contributed by atoms with Crippen molar-refractivity contribution in [3.05, 3.63) is 70.8 Å². The van der Waals surface area contributed by atoms with E-state index < -0.39 is 0 Å². The van der Waals surface area contributed by atoms with Gasteiger partial charge in [0.15, 0.2) is 0 Å². The molecule has 1 nitrogen and oxygen atoms in total. The molecule has 0 amide bonds. The molecule has 0 saturated heterocycles. The molecule has 0 spiro atoms. The van der Waals surface area contributed by atoms with Crippen molar-refractivity contribution in [2.45, 2.75) is 26.3 Å². The van der Waals surface area contributed by atoms with Gasteiger partial charge in [0.1, 0.15) is 0 Å².